The fraction of sp³-hybridized carbons (Fsp3) is 0.583. The number of aromatic nitrogens is 2. The van der Waals surface area contributed by atoms with E-state index in [1.807, 2.05) is 24.8 Å². The molecule has 2 heterocycles. The zero-order valence-corrected chi connectivity index (χ0v) is 10.2. The lowest BCUT2D eigenvalue weighted by atomic mass is 9.84. The van der Waals surface area contributed by atoms with Crippen molar-refractivity contribution in [1.82, 2.24) is 9.97 Å². The van der Waals surface area contributed by atoms with Crippen molar-refractivity contribution in [3.63, 3.8) is 0 Å². The molecule has 2 rings (SSSR count). The van der Waals surface area contributed by atoms with Crippen LogP contribution in [0.15, 0.2) is 12.3 Å². The minimum atomic E-state index is -0.713. The molecule has 1 N–H and O–H groups in total. The van der Waals surface area contributed by atoms with Gasteiger partial charge in [-0.05, 0) is 25.8 Å². The Morgan fingerprint density at radius 1 is 1.65 bits per heavy atom. The van der Waals surface area contributed by atoms with Gasteiger partial charge in [0, 0.05) is 25.0 Å². The van der Waals surface area contributed by atoms with Gasteiger partial charge in [-0.15, -0.1) is 0 Å². The number of hydrogen-bond acceptors (Lipinski definition) is 4. The second kappa shape index (κ2) is 4.31. The predicted molar refractivity (Wildman–Crippen MR) is 64.0 cm³/mol. The van der Waals surface area contributed by atoms with Crippen LogP contribution >= 0.6 is 0 Å². The number of carbonyl (C=O) groups is 1. The zero-order chi connectivity index (χ0) is 12.5. The van der Waals surface area contributed by atoms with E-state index in [0.29, 0.717) is 31.9 Å². The van der Waals surface area contributed by atoms with E-state index in [1.165, 1.54) is 0 Å². The highest BCUT2D eigenvalue weighted by atomic mass is 16.4. The van der Waals surface area contributed by atoms with Gasteiger partial charge in [0.05, 0.1) is 5.41 Å². The van der Waals surface area contributed by atoms with Gasteiger partial charge in [-0.1, -0.05) is 6.92 Å². The molecular weight excluding hydrogens is 218 g/mol. The van der Waals surface area contributed by atoms with Crippen LogP contribution in [0.3, 0.4) is 0 Å². The predicted octanol–water partition coefficient (Wildman–Crippen LogP) is 1.48. The Hall–Kier alpha value is -1.65. The molecule has 0 radical (unpaired) electrons. The summed E-state index contributed by atoms with van der Waals surface area (Å²) in [7, 11) is 0. The van der Waals surface area contributed by atoms with Crippen LogP contribution in [0, 0.1) is 12.3 Å². The third kappa shape index (κ3) is 2.09. The molecular formula is C12H17N3O2. The summed E-state index contributed by atoms with van der Waals surface area (Å²) in [6.07, 6.45) is 3.02. The van der Waals surface area contributed by atoms with Gasteiger partial charge < -0.3 is 10.0 Å². The standard InChI is InChI=1S/C12H17N3O2/c1-3-12(10(16)17)5-7-15(8-12)11-13-6-4-9(2)14-11/h4,6H,3,5,7-8H2,1-2H3,(H,16,17). The third-order valence-electron chi connectivity index (χ3n) is 3.55. The lowest BCUT2D eigenvalue weighted by molar-refractivity contribution is -0.147. The van der Waals surface area contributed by atoms with Crippen LogP contribution in [0.4, 0.5) is 5.95 Å². The Labute approximate surface area is 100 Å². The molecule has 0 bridgehead atoms. The highest BCUT2D eigenvalue weighted by Crippen LogP contribution is 2.35. The summed E-state index contributed by atoms with van der Waals surface area (Å²) in [6, 6.07) is 1.84. The average molecular weight is 235 g/mol. The van der Waals surface area contributed by atoms with Crippen LogP contribution in [0.2, 0.25) is 0 Å². The maximum atomic E-state index is 11.3. The Kier molecular flexibility index (Phi) is 3.00. The monoisotopic (exact) mass is 235 g/mol. The fourth-order valence-corrected chi connectivity index (χ4v) is 2.25. The van der Waals surface area contributed by atoms with E-state index in [1.54, 1.807) is 6.20 Å². The van der Waals surface area contributed by atoms with Crippen molar-refractivity contribution < 1.29 is 9.90 Å². The third-order valence-corrected chi connectivity index (χ3v) is 3.55. The molecule has 1 aromatic rings. The molecule has 92 valence electrons. The first-order valence-electron chi connectivity index (χ1n) is 5.85. The molecule has 1 aliphatic heterocycles. The lowest BCUT2D eigenvalue weighted by Crippen LogP contribution is -2.34. The number of anilines is 1. The second-order valence-corrected chi connectivity index (χ2v) is 4.61. The van der Waals surface area contributed by atoms with Crippen molar-refractivity contribution in [3.8, 4) is 0 Å². The summed E-state index contributed by atoms with van der Waals surface area (Å²) in [5.74, 6) is -0.0725. The van der Waals surface area contributed by atoms with E-state index in [2.05, 4.69) is 9.97 Å². The lowest BCUT2D eigenvalue weighted by Gasteiger charge is -2.23. The number of aryl methyl sites for hydroxylation is 1. The van der Waals surface area contributed by atoms with Crippen molar-refractivity contribution in [1.29, 1.82) is 0 Å². The van der Waals surface area contributed by atoms with Crippen LogP contribution in [0.1, 0.15) is 25.5 Å². The maximum absolute atomic E-state index is 11.3. The minimum Gasteiger partial charge on any atom is -0.481 e. The first-order valence-corrected chi connectivity index (χ1v) is 5.85. The molecule has 17 heavy (non-hydrogen) atoms. The van der Waals surface area contributed by atoms with Gasteiger partial charge in [0.25, 0.3) is 0 Å². The summed E-state index contributed by atoms with van der Waals surface area (Å²) in [6.45, 7) is 5.05. The topological polar surface area (TPSA) is 66.3 Å². The average Bonchev–Trinajstić information content (AvgIpc) is 2.74. The van der Waals surface area contributed by atoms with Gasteiger partial charge in [0.2, 0.25) is 5.95 Å². The van der Waals surface area contributed by atoms with Crippen LogP contribution in [-0.2, 0) is 4.79 Å². The molecule has 1 saturated heterocycles. The van der Waals surface area contributed by atoms with Gasteiger partial charge in [0.15, 0.2) is 0 Å². The number of carboxylic acids is 1. The summed E-state index contributed by atoms with van der Waals surface area (Å²) in [5.41, 5.74) is 0.270. The molecule has 1 unspecified atom stereocenters. The van der Waals surface area contributed by atoms with Crippen molar-refractivity contribution in [2.75, 3.05) is 18.0 Å². The maximum Gasteiger partial charge on any atom is 0.311 e. The molecule has 0 aromatic carbocycles. The van der Waals surface area contributed by atoms with E-state index in [0.717, 1.165) is 5.69 Å². The molecule has 0 aliphatic carbocycles. The molecule has 0 amide bonds. The SMILES string of the molecule is CCC1(C(=O)O)CCN(c2nccc(C)n2)C1. The van der Waals surface area contributed by atoms with E-state index in [-0.39, 0.29) is 0 Å². The molecule has 1 atom stereocenters. The van der Waals surface area contributed by atoms with Crippen molar-refractivity contribution in [3.05, 3.63) is 18.0 Å². The molecule has 1 aromatic heterocycles. The quantitative estimate of drug-likeness (QED) is 0.859. The van der Waals surface area contributed by atoms with E-state index in [4.69, 9.17) is 0 Å². The summed E-state index contributed by atoms with van der Waals surface area (Å²) in [5, 5.41) is 9.32. The number of rotatable bonds is 3. The van der Waals surface area contributed by atoms with Crippen molar-refractivity contribution >= 4 is 11.9 Å². The van der Waals surface area contributed by atoms with E-state index < -0.39 is 11.4 Å². The zero-order valence-electron chi connectivity index (χ0n) is 10.2. The van der Waals surface area contributed by atoms with Gasteiger partial charge in [-0.3, -0.25) is 4.79 Å². The minimum absolute atomic E-state index is 0.502. The largest absolute Gasteiger partial charge is 0.481 e. The molecule has 0 spiro atoms. The number of nitrogens with zero attached hydrogens (tertiary/aromatic N) is 3. The summed E-state index contributed by atoms with van der Waals surface area (Å²) in [4.78, 5) is 21.8. The number of carboxylic acid groups (broad SMARTS) is 1. The molecule has 5 nitrogen and oxygen atoms in total. The Morgan fingerprint density at radius 3 is 2.94 bits per heavy atom. The van der Waals surface area contributed by atoms with Crippen LogP contribution in [0.25, 0.3) is 0 Å². The number of aliphatic carboxylic acids is 1. The second-order valence-electron chi connectivity index (χ2n) is 4.61. The first-order chi connectivity index (χ1) is 8.07. The van der Waals surface area contributed by atoms with Gasteiger partial charge in [-0.2, -0.15) is 0 Å². The smallest absolute Gasteiger partial charge is 0.311 e. The first kappa shape index (κ1) is 11.8. The fourth-order valence-electron chi connectivity index (χ4n) is 2.25. The van der Waals surface area contributed by atoms with Crippen molar-refractivity contribution in [2.24, 2.45) is 5.41 Å². The Morgan fingerprint density at radius 2 is 2.41 bits per heavy atom. The van der Waals surface area contributed by atoms with Crippen LogP contribution in [0.5, 0.6) is 0 Å². The normalized spacial score (nSPS) is 24.0. The summed E-state index contributed by atoms with van der Waals surface area (Å²) >= 11 is 0. The molecule has 0 saturated carbocycles. The van der Waals surface area contributed by atoms with E-state index in [9.17, 15) is 9.90 Å². The Bertz CT molecular complexity index is 436. The van der Waals surface area contributed by atoms with E-state index >= 15 is 0 Å². The summed E-state index contributed by atoms with van der Waals surface area (Å²) < 4.78 is 0. The van der Waals surface area contributed by atoms with Crippen LogP contribution in [-0.4, -0.2) is 34.1 Å². The highest BCUT2D eigenvalue weighted by molar-refractivity contribution is 5.76. The molecule has 1 fully saturated rings. The van der Waals surface area contributed by atoms with Gasteiger partial charge >= 0.3 is 5.97 Å². The van der Waals surface area contributed by atoms with Gasteiger partial charge in [0.1, 0.15) is 0 Å². The highest BCUT2D eigenvalue weighted by Gasteiger charge is 2.44. The Balaban J connectivity index is 2.20. The van der Waals surface area contributed by atoms with Gasteiger partial charge in [-0.25, -0.2) is 9.97 Å². The molecule has 1 aliphatic rings. The molecule has 5 heteroatoms. The number of hydrogen-bond donors (Lipinski definition) is 1. The van der Waals surface area contributed by atoms with Crippen molar-refractivity contribution in [2.45, 2.75) is 26.7 Å². The van der Waals surface area contributed by atoms with Crippen LogP contribution < -0.4 is 4.90 Å².